The predicted octanol–water partition coefficient (Wildman–Crippen LogP) is 5.89. The van der Waals surface area contributed by atoms with Gasteiger partial charge in [-0.05, 0) is 51.8 Å². The average Bonchev–Trinajstić information content (AvgIpc) is 2.69. The maximum atomic E-state index is 15.1. The first kappa shape index (κ1) is 22.7. The number of anilines is 1. The molecule has 2 aromatic carbocycles. The molecule has 0 saturated heterocycles. The molecule has 0 aliphatic heterocycles. The Labute approximate surface area is 188 Å². The van der Waals surface area contributed by atoms with Gasteiger partial charge < -0.3 is 4.74 Å². The average molecular weight is 457 g/mol. The van der Waals surface area contributed by atoms with E-state index in [4.69, 9.17) is 4.74 Å². The third kappa shape index (κ3) is 4.67. The third-order valence-corrected chi connectivity index (χ3v) is 5.37. The molecule has 9 heteroatoms. The molecule has 1 saturated carbocycles. The van der Waals surface area contributed by atoms with E-state index in [-0.39, 0.29) is 5.56 Å². The highest BCUT2D eigenvalue weighted by atomic mass is 19.2. The van der Waals surface area contributed by atoms with Crippen LogP contribution in [0.4, 0.5) is 23.7 Å². The minimum atomic E-state index is -1.65. The van der Waals surface area contributed by atoms with E-state index in [1.54, 1.807) is 27.0 Å². The van der Waals surface area contributed by atoms with Gasteiger partial charge in [-0.2, -0.15) is 0 Å². The van der Waals surface area contributed by atoms with Crippen LogP contribution >= 0.6 is 0 Å². The molecular weight excluding hydrogens is 435 g/mol. The van der Waals surface area contributed by atoms with E-state index in [1.165, 1.54) is 18.2 Å². The molecule has 1 N–H and O–H groups in total. The second-order valence-corrected chi connectivity index (χ2v) is 8.99. The summed E-state index contributed by atoms with van der Waals surface area (Å²) < 4.78 is 48.8. The van der Waals surface area contributed by atoms with E-state index < -0.39 is 46.2 Å². The number of benzene rings is 2. The molecule has 3 aromatic rings. The first-order valence-corrected chi connectivity index (χ1v) is 10.5. The highest BCUT2D eigenvalue weighted by Gasteiger charge is 2.28. The van der Waals surface area contributed by atoms with Gasteiger partial charge in [0.1, 0.15) is 5.60 Å². The largest absolute Gasteiger partial charge is 0.444 e. The molecule has 0 bridgehead atoms. The number of ether oxygens (including phenoxy) is 1. The van der Waals surface area contributed by atoms with E-state index in [1.807, 2.05) is 5.32 Å². The number of carbonyl (C=O) groups excluding carboxylic acids is 2. The summed E-state index contributed by atoms with van der Waals surface area (Å²) in [7, 11) is 0. The lowest BCUT2D eigenvalue weighted by atomic mass is 9.83. The molecule has 0 spiro atoms. The van der Waals surface area contributed by atoms with E-state index in [2.05, 4.69) is 9.97 Å². The van der Waals surface area contributed by atoms with Crippen LogP contribution in [0.5, 0.6) is 0 Å². The van der Waals surface area contributed by atoms with Crippen LogP contribution in [0.2, 0.25) is 0 Å². The summed E-state index contributed by atoms with van der Waals surface area (Å²) in [5, 5.41) is 2.03. The molecule has 0 atom stereocenters. The highest BCUT2D eigenvalue weighted by molar-refractivity contribution is 6.11. The van der Waals surface area contributed by atoms with Crippen LogP contribution in [-0.2, 0) is 4.74 Å². The molecule has 1 amide bonds. The quantitative estimate of drug-likeness (QED) is 0.390. The van der Waals surface area contributed by atoms with E-state index in [0.29, 0.717) is 23.0 Å². The number of hydrogen-bond donors (Lipinski definition) is 1. The van der Waals surface area contributed by atoms with Gasteiger partial charge in [0.25, 0.3) is 0 Å². The Morgan fingerprint density at radius 1 is 1.06 bits per heavy atom. The molecule has 6 nitrogen and oxygen atoms in total. The van der Waals surface area contributed by atoms with Crippen molar-refractivity contribution in [2.45, 2.75) is 51.6 Å². The normalized spacial score (nSPS) is 14.1. The van der Waals surface area contributed by atoms with Crippen molar-refractivity contribution in [2.24, 2.45) is 0 Å². The Kier molecular flexibility index (Phi) is 5.82. The Balaban J connectivity index is 1.70. The zero-order valence-electron chi connectivity index (χ0n) is 18.3. The fourth-order valence-electron chi connectivity index (χ4n) is 3.52. The number of ketones is 1. The summed E-state index contributed by atoms with van der Waals surface area (Å²) in [5.41, 5.74) is -1.11. The molecule has 4 rings (SSSR count). The Hall–Kier alpha value is -3.49. The van der Waals surface area contributed by atoms with Crippen LogP contribution in [0.3, 0.4) is 0 Å². The van der Waals surface area contributed by atoms with Gasteiger partial charge in [-0.15, -0.1) is 0 Å². The molecule has 1 aliphatic rings. The van der Waals surface area contributed by atoms with Crippen LogP contribution < -0.4 is 5.32 Å². The number of rotatable bonds is 4. The van der Waals surface area contributed by atoms with Crippen molar-refractivity contribution in [2.75, 3.05) is 5.32 Å². The number of amides is 1. The topological polar surface area (TPSA) is 81.2 Å². The van der Waals surface area contributed by atoms with Crippen LogP contribution in [0, 0.1) is 17.5 Å². The molecule has 172 valence electrons. The van der Waals surface area contributed by atoms with Gasteiger partial charge in [-0.25, -0.2) is 22.9 Å². The molecule has 1 aromatic heterocycles. The fourth-order valence-corrected chi connectivity index (χ4v) is 3.52. The van der Waals surface area contributed by atoms with Gasteiger partial charge in [-0.3, -0.25) is 15.1 Å². The maximum Gasteiger partial charge on any atom is 0.412 e. The van der Waals surface area contributed by atoms with Crippen LogP contribution in [0.1, 0.15) is 67.6 Å². The molecule has 1 heterocycles. The lowest BCUT2D eigenvalue weighted by Gasteiger charge is -2.24. The van der Waals surface area contributed by atoms with Crippen molar-refractivity contribution >= 4 is 28.6 Å². The Morgan fingerprint density at radius 3 is 2.42 bits per heavy atom. The summed E-state index contributed by atoms with van der Waals surface area (Å²) in [4.78, 5) is 33.8. The van der Waals surface area contributed by atoms with Gasteiger partial charge in [0.15, 0.2) is 23.2 Å². The third-order valence-electron chi connectivity index (χ3n) is 5.37. The van der Waals surface area contributed by atoms with Crippen molar-refractivity contribution in [3.63, 3.8) is 0 Å². The molecule has 33 heavy (non-hydrogen) atoms. The fraction of sp³-hybridized carbons (Fsp3) is 0.333. The van der Waals surface area contributed by atoms with Gasteiger partial charge >= 0.3 is 6.09 Å². The van der Waals surface area contributed by atoms with Crippen molar-refractivity contribution in [1.29, 1.82) is 0 Å². The summed E-state index contributed by atoms with van der Waals surface area (Å²) in [6, 6.07) is 4.68. The van der Waals surface area contributed by atoms with Crippen molar-refractivity contribution in [3.8, 4) is 0 Å². The van der Waals surface area contributed by atoms with Gasteiger partial charge in [0, 0.05) is 23.7 Å². The first-order chi connectivity index (χ1) is 15.5. The number of halogens is 3. The van der Waals surface area contributed by atoms with E-state index in [0.717, 1.165) is 25.0 Å². The summed E-state index contributed by atoms with van der Waals surface area (Å²) in [6.45, 7) is 4.76. The van der Waals surface area contributed by atoms with Crippen molar-refractivity contribution in [3.05, 3.63) is 64.7 Å². The zero-order chi connectivity index (χ0) is 23.9. The van der Waals surface area contributed by atoms with E-state index >= 15 is 4.39 Å². The monoisotopic (exact) mass is 457 g/mol. The lowest BCUT2D eigenvalue weighted by Crippen LogP contribution is -2.28. The molecule has 0 unspecified atom stereocenters. The number of carbonyl (C=O) groups is 2. The van der Waals surface area contributed by atoms with Crippen molar-refractivity contribution < 1.29 is 27.5 Å². The summed E-state index contributed by atoms with van der Waals surface area (Å²) >= 11 is 0. The predicted molar refractivity (Wildman–Crippen MR) is 116 cm³/mol. The van der Waals surface area contributed by atoms with E-state index in [9.17, 15) is 18.4 Å². The first-order valence-electron chi connectivity index (χ1n) is 10.5. The minimum absolute atomic E-state index is 0.0887. The second kappa shape index (κ2) is 8.46. The molecule has 1 fully saturated rings. The zero-order valence-corrected chi connectivity index (χ0v) is 18.3. The smallest absolute Gasteiger partial charge is 0.412 e. The number of fused-ring (bicyclic) bond motifs is 1. The van der Waals surface area contributed by atoms with Crippen LogP contribution in [0.25, 0.3) is 11.0 Å². The molecule has 1 aliphatic carbocycles. The number of nitrogens with zero attached hydrogens (tertiary/aromatic N) is 2. The molecule has 0 radical (unpaired) electrons. The van der Waals surface area contributed by atoms with Gasteiger partial charge in [0.2, 0.25) is 0 Å². The summed E-state index contributed by atoms with van der Waals surface area (Å²) in [5.74, 6) is -5.32. The maximum absolute atomic E-state index is 15.1. The van der Waals surface area contributed by atoms with Gasteiger partial charge in [-0.1, -0.05) is 6.42 Å². The second-order valence-electron chi connectivity index (χ2n) is 8.99. The molecular formula is C24H22F3N3O3. The lowest BCUT2D eigenvalue weighted by molar-refractivity contribution is 0.0634. The summed E-state index contributed by atoms with van der Waals surface area (Å²) in [6.07, 6.45) is 3.74. The van der Waals surface area contributed by atoms with Crippen LogP contribution in [0.15, 0.2) is 30.5 Å². The minimum Gasteiger partial charge on any atom is -0.444 e. The Bertz CT molecular complexity index is 1270. The Morgan fingerprint density at radius 2 is 1.79 bits per heavy atom. The SMILES string of the molecule is CC(C)(C)OC(=O)Nc1cc(F)c(F)c(C(=O)c2ccc3ncc(C4CCC4)nc3c2)c1F. The highest BCUT2D eigenvalue weighted by Crippen LogP contribution is 2.35. The van der Waals surface area contributed by atoms with Crippen molar-refractivity contribution in [1.82, 2.24) is 9.97 Å². The number of aromatic nitrogens is 2. The number of nitrogens with one attached hydrogen (secondary N) is 1. The van der Waals surface area contributed by atoms with Gasteiger partial charge in [0.05, 0.1) is 28.0 Å². The standard InChI is InChI=1S/C24H22F3N3O3/c1-24(2,3)33-23(32)30-17-10-14(25)20(26)19(21(17)27)22(31)13-7-8-15-16(9-13)29-18(11-28-15)12-5-4-6-12/h7-12H,4-6H2,1-3H3,(H,30,32). The number of hydrogen-bond acceptors (Lipinski definition) is 5. The van der Waals surface area contributed by atoms with Crippen LogP contribution in [-0.4, -0.2) is 27.4 Å².